The molecular weight excluding hydrogens is 474 g/mol. The van der Waals surface area contributed by atoms with Crippen LogP contribution in [0, 0.1) is 5.41 Å². The van der Waals surface area contributed by atoms with E-state index in [4.69, 9.17) is 11.6 Å². The van der Waals surface area contributed by atoms with E-state index in [1.807, 2.05) is 49.5 Å². The maximum absolute atomic E-state index is 13.2. The number of hydrogen-bond acceptors (Lipinski definition) is 5. The summed E-state index contributed by atoms with van der Waals surface area (Å²) in [6.45, 7) is 7.87. The molecule has 0 aliphatic carbocycles. The standard InChI is InChI=1S/C28H32ClN5O2/c1-5-34-23-11-10-21(16-24(23)32(4)26(35)28(2,3)27(34)36)18-33(15-12-20-8-6-13-30-17-20)19-22-9-7-14-31-25(22)29/h6-11,13-14,16-17H,5,12,15,18-19H2,1-4H3. The van der Waals surface area contributed by atoms with E-state index in [9.17, 15) is 9.59 Å². The lowest BCUT2D eigenvalue weighted by Crippen LogP contribution is -2.47. The molecule has 0 atom stereocenters. The summed E-state index contributed by atoms with van der Waals surface area (Å²) in [7, 11) is 1.74. The Morgan fingerprint density at radius 3 is 2.44 bits per heavy atom. The second-order valence-electron chi connectivity index (χ2n) is 9.64. The number of nitrogens with zero attached hydrogens (tertiary/aromatic N) is 5. The number of carbonyl (C=O) groups is 2. The van der Waals surface area contributed by atoms with Gasteiger partial charge in [-0.2, -0.15) is 0 Å². The van der Waals surface area contributed by atoms with Crippen LogP contribution in [0.3, 0.4) is 0 Å². The predicted octanol–water partition coefficient (Wildman–Crippen LogP) is 4.73. The van der Waals surface area contributed by atoms with E-state index in [1.54, 1.807) is 43.1 Å². The molecule has 4 rings (SSSR count). The highest BCUT2D eigenvalue weighted by molar-refractivity contribution is 6.30. The Kier molecular flexibility index (Phi) is 7.71. The van der Waals surface area contributed by atoms with Gasteiger partial charge in [0.15, 0.2) is 0 Å². The summed E-state index contributed by atoms with van der Waals surface area (Å²) in [5.74, 6) is -0.393. The van der Waals surface area contributed by atoms with Gasteiger partial charge < -0.3 is 9.80 Å². The van der Waals surface area contributed by atoms with Gasteiger partial charge in [-0.3, -0.25) is 19.5 Å². The number of benzene rings is 1. The summed E-state index contributed by atoms with van der Waals surface area (Å²) < 4.78 is 0. The van der Waals surface area contributed by atoms with Gasteiger partial charge in [0.25, 0.3) is 0 Å². The van der Waals surface area contributed by atoms with E-state index in [0.29, 0.717) is 24.8 Å². The number of hydrogen-bond donors (Lipinski definition) is 0. The van der Waals surface area contributed by atoms with Gasteiger partial charge in [0.05, 0.1) is 11.4 Å². The van der Waals surface area contributed by atoms with Crippen LogP contribution in [0.2, 0.25) is 5.15 Å². The van der Waals surface area contributed by atoms with Crippen molar-refractivity contribution in [3.05, 3.63) is 82.9 Å². The minimum absolute atomic E-state index is 0.183. The van der Waals surface area contributed by atoms with Crippen molar-refractivity contribution in [2.45, 2.75) is 40.3 Å². The van der Waals surface area contributed by atoms with Crippen LogP contribution < -0.4 is 9.80 Å². The Morgan fingerprint density at radius 2 is 1.75 bits per heavy atom. The van der Waals surface area contributed by atoms with Gasteiger partial charge in [0, 0.05) is 57.4 Å². The monoisotopic (exact) mass is 505 g/mol. The summed E-state index contributed by atoms with van der Waals surface area (Å²) in [4.78, 5) is 40.5. The van der Waals surface area contributed by atoms with Crippen LogP contribution >= 0.6 is 11.6 Å². The lowest BCUT2D eigenvalue weighted by Gasteiger charge is -2.27. The van der Waals surface area contributed by atoms with Gasteiger partial charge in [-0.05, 0) is 62.6 Å². The average Bonchev–Trinajstić information content (AvgIpc) is 2.93. The Balaban J connectivity index is 1.64. The summed E-state index contributed by atoms with van der Waals surface area (Å²) >= 11 is 6.38. The van der Waals surface area contributed by atoms with Gasteiger partial charge in [0.2, 0.25) is 11.8 Å². The highest BCUT2D eigenvalue weighted by atomic mass is 35.5. The molecule has 0 fully saturated rings. The Morgan fingerprint density at radius 1 is 0.972 bits per heavy atom. The molecule has 0 spiro atoms. The fourth-order valence-electron chi connectivity index (χ4n) is 4.63. The lowest BCUT2D eigenvalue weighted by molar-refractivity contribution is -0.137. The molecule has 2 amide bonds. The van der Waals surface area contributed by atoms with Crippen LogP contribution in [0.15, 0.2) is 61.1 Å². The first-order valence-corrected chi connectivity index (χ1v) is 12.5. The first-order valence-electron chi connectivity index (χ1n) is 12.2. The molecule has 0 radical (unpaired) electrons. The van der Waals surface area contributed by atoms with Gasteiger partial charge in [0.1, 0.15) is 10.6 Å². The van der Waals surface area contributed by atoms with E-state index in [0.717, 1.165) is 41.0 Å². The summed E-state index contributed by atoms with van der Waals surface area (Å²) in [6, 6.07) is 13.9. The summed E-state index contributed by atoms with van der Waals surface area (Å²) in [5.41, 5.74) is 3.53. The molecule has 0 saturated heterocycles. The molecule has 8 heteroatoms. The molecule has 36 heavy (non-hydrogen) atoms. The third kappa shape index (κ3) is 5.27. The first-order chi connectivity index (χ1) is 17.2. The summed E-state index contributed by atoms with van der Waals surface area (Å²) in [6.07, 6.45) is 6.18. The third-order valence-corrected chi connectivity index (χ3v) is 7.04. The zero-order valence-corrected chi connectivity index (χ0v) is 22.0. The predicted molar refractivity (Wildman–Crippen MR) is 143 cm³/mol. The Hall–Kier alpha value is -3.29. The minimum atomic E-state index is -1.13. The second-order valence-corrected chi connectivity index (χ2v) is 9.99. The number of fused-ring (bicyclic) bond motifs is 1. The molecule has 7 nitrogen and oxygen atoms in total. The zero-order valence-electron chi connectivity index (χ0n) is 21.2. The van der Waals surface area contributed by atoms with E-state index in [2.05, 4.69) is 20.9 Å². The van der Waals surface area contributed by atoms with Crippen LogP contribution in [-0.4, -0.2) is 46.8 Å². The number of halogens is 1. The largest absolute Gasteiger partial charge is 0.313 e. The van der Waals surface area contributed by atoms with Crippen molar-refractivity contribution in [2.24, 2.45) is 5.41 Å². The van der Waals surface area contributed by atoms with Crippen LogP contribution in [0.4, 0.5) is 11.4 Å². The third-order valence-electron chi connectivity index (χ3n) is 6.70. The molecule has 0 bridgehead atoms. The number of amides is 2. The fourth-order valence-corrected chi connectivity index (χ4v) is 4.81. The Bertz CT molecular complexity index is 1250. The highest BCUT2D eigenvalue weighted by Gasteiger charge is 2.45. The van der Waals surface area contributed by atoms with Crippen LogP contribution in [-0.2, 0) is 29.1 Å². The SMILES string of the molecule is CCN1C(=O)C(C)(C)C(=O)N(C)c2cc(CN(CCc3cccnc3)Cc3cccnc3Cl)ccc21. The van der Waals surface area contributed by atoms with Gasteiger partial charge in [-0.15, -0.1) is 0 Å². The van der Waals surface area contributed by atoms with Gasteiger partial charge >= 0.3 is 0 Å². The Labute approximate surface area is 217 Å². The van der Waals surface area contributed by atoms with Crippen LogP contribution in [0.25, 0.3) is 0 Å². The molecule has 1 aliphatic rings. The van der Waals surface area contributed by atoms with Crippen LogP contribution in [0.1, 0.15) is 37.5 Å². The number of carbonyl (C=O) groups excluding carboxylic acids is 2. The fraction of sp³-hybridized carbons (Fsp3) is 0.357. The smallest absolute Gasteiger partial charge is 0.242 e. The molecule has 1 aromatic carbocycles. The molecule has 188 valence electrons. The molecule has 0 saturated carbocycles. The number of aromatic nitrogens is 2. The van der Waals surface area contributed by atoms with Crippen molar-refractivity contribution in [1.82, 2.24) is 14.9 Å². The van der Waals surface area contributed by atoms with Crippen molar-refractivity contribution in [3.63, 3.8) is 0 Å². The molecule has 3 aromatic rings. The number of rotatable bonds is 8. The normalized spacial score (nSPS) is 15.3. The van der Waals surface area contributed by atoms with Crippen molar-refractivity contribution >= 4 is 34.8 Å². The zero-order chi connectivity index (χ0) is 25.9. The van der Waals surface area contributed by atoms with E-state index >= 15 is 0 Å². The molecule has 2 aromatic heterocycles. The van der Waals surface area contributed by atoms with E-state index in [-0.39, 0.29) is 11.8 Å². The topological polar surface area (TPSA) is 69.6 Å². The number of pyridine rings is 2. The molecular formula is C28H32ClN5O2. The maximum atomic E-state index is 13.2. The molecule has 0 unspecified atom stereocenters. The first kappa shape index (κ1) is 25.8. The van der Waals surface area contributed by atoms with Crippen molar-refractivity contribution < 1.29 is 9.59 Å². The minimum Gasteiger partial charge on any atom is -0.313 e. The molecule has 0 N–H and O–H groups in total. The highest BCUT2D eigenvalue weighted by Crippen LogP contribution is 2.39. The van der Waals surface area contributed by atoms with Crippen molar-refractivity contribution in [2.75, 3.05) is 29.9 Å². The van der Waals surface area contributed by atoms with Crippen molar-refractivity contribution in [1.29, 1.82) is 0 Å². The second kappa shape index (κ2) is 10.8. The molecule has 1 aliphatic heterocycles. The van der Waals surface area contributed by atoms with E-state index < -0.39 is 5.41 Å². The lowest BCUT2D eigenvalue weighted by atomic mass is 9.90. The molecule has 3 heterocycles. The summed E-state index contributed by atoms with van der Waals surface area (Å²) in [5, 5.41) is 0.496. The quantitative estimate of drug-likeness (QED) is 0.327. The van der Waals surface area contributed by atoms with Gasteiger partial charge in [-0.25, -0.2) is 4.98 Å². The van der Waals surface area contributed by atoms with E-state index in [1.165, 1.54) is 0 Å². The average molecular weight is 506 g/mol. The van der Waals surface area contributed by atoms with Crippen molar-refractivity contribution in [3.8, 4) is 0 Å². The van der Waals surface area contributed by atoms with Gasteiger partial charge in [-0.1, -0.05) is 29.8 Å². The number of anilines is 2. The maximum Gasteiger partial charge on any atom is 0.242 e. The van der Waals surface area contributed by atoms with Crippen LogP contribution in [0.5, 0.6) is 0 Å².